The van der Waals surface area contributed by atoms with E-state index in [1.165, 1.54) is 6.26 Å². The first-order valence-corrected chi connectivity index (χ1v) is 11.1. The summed E-state index contributed by atoms with van der Waals surface area (Å²) >= 11 is 12.0. The lowest BCUT2D eigenvalue weighted by atomic mass is 9.95. The van der Waals surface area contributed by atoms with Crippen LogP contribution in [-0.4, -0.2) is 19.8 Å². The summed E-state index contributed by atoms with van der Waals surface area (Å²) in [4.78, 5) is 0.260. The number of benzene rings is 3. The zero-order chi connectivity index (χ0) is 20.5. The van der Waals surface area contributed by atoms with Gasteiger partial charge in [-0.3, -0.25) is 0 Å². The Balaban J connectivity index is 1.85. The third kappa shape index (κ3) is 4.57. The van der Waals surface area contributed by atoms with Crippen LogP contribution in [0.4, 0.5) is 0 Å². The molecule has 0 radical (unpaired) electrons. The molecule has 28 heavy (non-hydrogen) atoms. The van der Waals surface area contributed by atoms with Crippen LogP contribution in [-0.2, 0) is 9.84 Å². The van der Waals surface area contributed by atoms with Gasteiger partial charge >= 0.3 is 0 Å². The zero-order valence-corrected chi connectivity index (χ0v) is 17.3. The Bertz CT molecular complexity index is 1100. The molecule has 3 rings (SSSR count). The molecule has 0 aliphatic carbocycles. The van der Waals surface area contributed by atoms with Gasteiger partial charge in [0.05, 0.1) is 27.1 Å². The average Bonchev–Trinajstić information content (AvgIpc) is 2.68. The minimum absolute atomic E-state index is 0.260. The predicted octanol–water partition coefficient (Wildman–Crippen LogP) is 4.80. The molecule has 0 aromatic heterocycles. The standard InChI is InChI=1S/C21H19Cl2NO3S/c1-28(26,27)17-4-2-3-15(11-17)13-5-7-14(8-6-13)21(25)20(24)16-9-10-18(22)19(23)12-16/h2-12,20-21,25H,24H2,1H3/t20-,21+/m1/s1. The van der Waals surface area contributed by atoms with Crippen molar-refractivity contribution in [1.29, 1.82) is 0 Å². The molecule has 0 unspecified atom stereocenters. The van der Waals surface area contributed by atoms with Crippen LogP contribution >= 0.6 is 23.2 Å². The van der Waals surface area contributed by atoms with E-state index in [-0.39, 0.29) is 4.90 Å². The van der Waals surface area contributed by atoms with Crippen molar-refractivity contribution < 1.29 is 13.5 Å². The Hall–Kier alpha value is -1.89. The van der Waals surface area contributed by atoms with Crippen LogP contribution in [0.2, 0.25) is 10.0 Å². The van der Waals surface area contributed by atoms with Crippen LogP contribution in [0.1, 0.15) is 23.3 Å². The van der Waals surface area contributed by atoms with Crippen molar-refractivity contribution in [3.63, 3.8) is 0 Å². The highest BCUT2D eigenvalue weighted by molar-refractivity contribution is 7.90. The monoisotopic (exact) mass is 435 g/mol. The van der Waals surface area contributed by atoms with Crippen molar-refractivity contribution >= 4 is 33.0 Å². The number of hydrogen-bond donors (Lipinski definition) is 2. The van der Waals surface area contributed by atoms with E-state index in [0.29, 0.717) is 21.2 Å². The number of rotatable bonds is 5. The first-order valence-electron chi connectivity index (χ1n) is 8.46. The summed E-state index contributed by atoms with van der Waals surface area (Å²) in [5.74, 6) is 0. The summed E-state index contributed by atoms with van der Waals surface area (Å²) in [6.45, 7) is 0. The molecule has 0 saturated carbocycles. The minimum atomic E-state index is -3.28. The molecule has 2 atom stereocenters. The smallest absolute Gasteiger partial charge is 0.175 e. The largest absolute Gasteiger partial charge is 0.386 e. The van der Waals surface area contributed by atoms with E-state index in [4.69, 9.17) is 28.9 Å². The molecular weight excluding hydrogens is 417 g/mol. The summed E-state index contributed by atoms with van der Waals surface area (Å²) in [5.41, 5.74) is 9.11. The molecule has 3 aromatic rings. The Morgan fingerprint density at radius 3 is 2.11 bits per heavy atom. The van der Waals surface area contributed by atoms with Crippen LogP contribution in [0, 0.1) is 0 Å². The topological polar surface area (TPSA) is 80.4 Å². The van der Waals surface area contributed by atoms with Gasteiger partial charge in [-0.05, 0) is 46.5 Å². The first-order chi connectivity index (χ1) is 13.2. The van der Waals surface area contributed by atoms with E-state index in [0.717, 1.165) is 11.1 Å². The molecular formula is C21H19Cl2NO3S. The maximum Gasteiger partial charge on any atom is 0.175 e. The van der Waals surface area contributed by atoms with Crippen LogP contribution < -0.4 is 5.73 Å². The first kappa shape index (κ1) is 20.8. The van der Waals surface area contributed by atoms with Gasteiger partial charge < -0.3 is 10.8 Å². The SMILES string of the molecule is CS(=O)(=O)c1cccc(-c2ccc([C@H](O)[C@H](N)c3ccc(Cl)c(Cl)c3)cc2)c1. The van der Waals surface area contributed by atoms with Crippen molar-refractivity contribution in [2.45, 2.75) is 17.0 Å². The fourth-order valence-electron chi connectivity index (χ4n) is 2.89. The Morgan fingerprint density at radius 1 is 0.857 bits per heavy atom. The molecule has 0 amide bonds. The van der Waals surface area contributed by atoms with Crippen LogP contribution in [0.5, 0.6) is 0 Å². The molecule has 3 aromatic carbocycles. The molecule has 0 aliphatic heterocycles. The predicted molar refractivity (Wildman–Crippen MR) is 113 cm³/mol. The molecule has 0 fully saturated rings. The van der Waals surface area contributed by atoms with E-state index in [1.807, 2.05) is 18.2 Å². The Morgan fingerprint density at radius 2 is 1.50 bits per heavy atom. The molecule has 0 spiro atoms. The van der Waals surface area contributed by atoms with Crippen molar-refractivity contribution in [3.8, 4) is 11.1 Å². The number of hydrogen-bond acceptors (Lipinski definition) is 4. The van der Waals surface area contributed by atoms with Gasteiger partial charge in [-0.1, -0.05) is 65.7 Å². The van der Waals surface area contributed by atoms with Crippen LogP contribution in [0.25, 0.3) is 11.1 Å². The molecule has 7 heteroatoms. The third-order valence-corrected chi connectivity index (χ3v) is 6.37. The van der Waals surface area contributed by atoms with Gasteiger partial charge in [0.2, 0.25) is 0 Å². The summed E-state index contributed by atoms with van der Waals surface area (Å²) in [7, 11) is -3.28. The van der Waals surface area contributed by atoms with Crippen LogP contribution in [0.3, 0.4) is 0 Å². The van der Waals surface area contributed by atoms with Gasteiger partial charge in [0.15, 0.2) is 9.84 Å². The number of aliphatic hydroxyl groups excluding tert-OH is 1. The summed E-state index contributed by atoms with van der Waals surface area (Å²) in [5, 5.41) is 11.4. The second-order valence-corrected chi connectivity index (χ2v) is 9.40. The highest BCUT2D eigenvalue weighted by atomic mass is 35.5. The van der Waals surface area contributed by atoms with E-state index in [2.05, 4.69) is 0 Å². The van der Waals surface area contributed by atoms with Gasteiger partial charge in [0.1, 0.15) is 0 Å². The molecule has 0 heterocycles. The number of aliphatic hydroxyl groups is 1. The van der Waals surface area contributed by atoms with Gasteiger partial charge in [-0.2, -0.15) is 0 Å². The number of halogens is 2. The lowest BCUT2D eigenvalue weighted by molar-refractivity contribution is 0.147. The fourth-order valence-corrected chi connectivity index (χ4v) is 3.86. The van der Waals surface area contributed by atoms with E-state index >= 15 is 0 Å². The molecule has 3 N–H and O–H groups in total. The van der Waals surface area contributed by atoms with Gasteiger partial charge in [0, 0.05) is 6.26 Å². The normalized spacial score (nSPS) is 13.9. The summed E-state index contributed by atoms with van der Waals surface area (Å²) in [6.07, 6.45) is 0.240. The van der Waals surface area contributed by atoms with E-state index < -0.39 is 22.0 Å². The number of sulfone groups is 1. The highest BCUT2D eigenvalue weighted by Gasteiger charge is 2.20. The second-order valence-electron chi connectivity index (χ2n) is 6.57. The lowest BCUT2D eigenvalue weighted by Crippen LogP contribution is -2.19. The minimum Gasteiger partial charge on any atom is -0.386 e. The summed E-state index contributed by atoms with van der Waals surface area (Å²) < 4.78 is 23.5. The number of nitrogens with two attached hydrogens (primary N) is 1. The van der Waals surface area contributed by atoms with Gasteiger partial charge in [0.25, 0.3) is 0 Å². The molecule has 0 aliphatic rings. The summed E-state index contributed by atoms with van der Waals surface area (Å²) in [6, 6.07) is 18.2. The molecule has 0 saturated heterocycles. The fraction of sp³-hybridized carbons (Fsp3) is 0.143. The molecule has 4 nitrogen and oxygen atoms in total. The van der Waals surface area contributed by atoms with E-state index in [9.17, 15) is 13.5 Å². The Kier molecular flexibility index (Phi) is 6.12. The maximum atomic E-state index is 11.7. The highest BCUT2D eigenvalue weighted by Crippen LogP contribution is 2.32. The Labute approximate surface area is 174 Å². The third-order valence-electron chi connectivity index (χ3n) is 4.52. The lowest BCUT2D eigenvalue weighted by Gasteiger charge is -2.20. The van der Waals surface area contributed by atoms with Crippen molar-refractivity contribution in [1.82, 2.24) is 0 Å². The average molecular weight is 436 g/mol. The van der Waals surface area contributed by atoms with Crippen molar-refractivity contribution in [2.24, 2.45) is 5.73 Å². The van der Waals surface area contributed by atoms with E-state index in [1.54, 1.807) is 48.5 Å². The van der Waals surface area contributed by atoms with Crippen LogP contribution in [0.15, 0.2) is 71.6 Å². The molecule has 146 valence electrons. The maximum absolute atomic E-state index is 11.7. The van der Waals surface area contributed by atoms with Gasteiger partial charge in [-0.15, -0.1) is 0 Å². The molecule has 0 bridgehead atoms. The van der Waals surface area contributed by atoms with Gasteiger partial charge in [-0.25, -0.2) is 8.42 Å². The zero-order valence-electron chi connectivity index (χ0n) is 15.0. The van der Waals surface area contributed by atoms with Crippen molar-refractivity contribution in [2.75, 3.05) is 6.26 Å². The second kappa shape index (κ2) is 8.23. The quantitative estimate of drug-likeness (QED) is 0.602. The van der Waals surface area contributed by atoms with Crippen molar-refractivity contribution in [3.05, 3.63) is 87.9 Å².